The summed E-state index contributed by atoms with van der Waals surface area (Å²) in [5, 5.41) is 3.04. The Hall–Kier alpha value is -3.15. The molecule has 0 unspecified atom stereocenters. The third-order valence-corrected chi connectivity index (χ3v) is 5.66. The van der Waals surface area contributed by atoms with E-state index in [0.717, 1.165) is 35.2 Å². The first-order valence-corrected chi connectivity index (χ1v) is 10.6. The lowest BCUT2D eigenvalue weighted by molar-refractivity contribution is 0.0495. The molecule has 5 nitrogen and oxygen atoms in total. The van der Waals surface area contributed by atoms with Gasteiger partial charge in [0.25, 0.3) is 0 Å². The van der Waals surface area contributed by atoms with Crippen LogP contribution in [-0.2, 0) is 10.3 Å². The van der Waals surface area contributed by atoms with Gasteiger partial charge in [0, 0.05) is 0 Å². The monoisotopic (exact) mass is 421 g/mol. The van der Waals surface area contributed by atoms with Crippen LogP contribution in [0.3, 0.4) is 0 Å². The minimum Gasteiger partial charge on any atom is -0.444 e. The van der Waals surface area contributed by atoms with Crippen LogP contribution in [0.4, 0.5) is 9.18 Å². The van der Waals surface area contributed by atoms with Crippen LogP contribution in [0.15, 0.2) is 61.1 Å². The summed E-state index contributed by atoms with van der Waals surface area (Å²) in [5.74, 6) is -0.244. The molecule has 1 aliphatic carbocycles. The molecule has 4 rings (SSSR count). The van der Waals surface area contributed by atoms with Crippen LogP contribution >= 0.6 is 0 Å². The van der Waals surface area contributed by atoms with Gasteiger partial charge in [-0.2, -0.15) is 0 Å². The Bertz CT molecular complexity index is 1060. The Morgan fingerprint density at radius 2 is 1.77 bits per heavy atom. The molecule has 1 N–H and O–H groups in total. The topological polar surface area (TPSA) is 56.2 Å². The molecule has 1 atom stereocenters. The van der Waals surface area contributed by atoms with Gasteiger partial charge in [0.15, 0.2) is 0 Å². The Morgan fingerprint density at radius 1 is 1.13 bits per heavy atom. The predicted molar refractivity (Wildman–Crippen MR) is 118 cm³/mol. The van der Waals surface area contributed by atoms with Crippen molar-refractivity contribution in [3.05, 3.63) is 78.0 Å². The van der Waals surface area contributed by atoms with Gasteiger partial charge >= 0.3 is 6.09 Å². The highest BCUT2D eigenvalue weighted by Gasteiger charge is 2.46. The van der Waals surface area contributed by atoms with Crippen molar-refractivity contribution in [1.29, 1.82) is 0 Å². The molecular weight excluding hydrogens is 393 g/mol. The van der Waals surface area contributed by atoms with Crippen LogP contribution in [0.25, 0.3) is 11.3 Å². The molecule has 1 aliphatic rings. The molecule has 1 heterocycles. The van der Waals surface area contributed by atoms with Crippen LogP contribution in [0.5, 0.6) is 0 Å². The van der Waals surface area contributed by atoms with Crippen molar-refractivity contribution in [2.45, 2.75) is 57.7 Å². The largest absolute Gasteiger partial charge is 0.444 e. The van der Waals surface area contributed by atoms with Crippen molar-refractivity contribution in [2.24, 2.45) is 0 Å². The minimum absolute atomic E-state index is 0.0152. The molecule has 1 aromatic heterocycles. The lowest BCUT2D eigenvalue weighted by Crippen LogP contribution is -2.39. The molecule has 3 aromatic rings. The van der Waals surface area contributed by atoms with E-state index in [-0.39, 0.29) is 23.5 Å². The average molecular weight is 422 g/mol. The van der Waals surface area contributed by atoms with Crippen LogP contribution in [0.1, 0.15) is 57.7 Å². The zero-order valence-corrected chi connectivity index (χ0v) is 18.4. The van der Waals surface area contributed by atoms with Gasteiger partial charge in [0.1, 0.15) is 11.4 Å². The molecule has 1 saturated carbocycles. The van der Waals surface area contributed by atoms with Crippen molar-refractivity contribution in [1.82, 2.24) is 14.9 Å². The Morgan fingerprint density at radius 3 is 2.35 bits per heavy atom. The van der Waals surface area contributed by atoms with Gasteiger partial charge in [-0.15, -0.1) is 0 Å². The van der Waals surface area contributed by atoms with E-state index < -0.39 is 5.60 Å². The molecule has 31 heavy (non-hydrogen) atoms. The van der Waals surface area contributed by atoms with Crippen LogP contribution in [-0.4, -0.2) is 21.2 Å². The van der Waals surface area contributed by atoms with Crippen molar-refractivity contribution in [2.75, 3.05) is 0 Å². The lowest BCUT2D eigenvalue weighted by atomic mass is 10.0. The van der Waals surface area contributed by atoms with E-state index in [2.05, 4.69) is 46.1 Å². The van der Waals surface area contributed by atoms with E-state index in [1.165, 1.54) is 12.1 Å². The number of imidazole rings is 1. The molecule has 6 heteroatoms. The van der Waals surface area contributed by atoms with Gasteiger partial charge in [-0.1, -0.05) is 36.4 Å². The van der Waals surface area contributed by atoms with Crippen LogP contribution < -0.4 is 5.32 Å². The number of amides is 1. The highest BCUT2D eigenvalue weighted by Crippen LogP contribution is 2.46. The van der Waals surface area contributed by atoms with Crippen molar-refractivity contribution >= 4 is 6.09 Å². The van der Waals surface area contributed by atoms with E-state index in [0.29, 0.717) is 0 Å². The molecule has 2 aromatic carbocycles. The van der Waals surface area contributed by atoms with E-state index in [9.17, 15) is 9.18 Å². The van der Waals surface area contributed by atoms with E-state index in [1.807, 2.05) is 27.0 Å². The number of carbonyl (C=O) groups excluding carboxylic acids is 1. The number of nitrogens with one attached hydrogen (secondary N) is 1. The maximum Gasteiger partial charge on any atom is 0.408 e. The molecule has 0 radical (unpaired) electrons. The number of halogens is 1. The Labute approximate surface area is 182 Å². The first-order chi connectivity index (χ1) is 14.7. The normalized spacial score (nSPS) is 15.9. The minimum atomic E-state index is -0.524. The van der Waals surface area contributed by atoms with Gasteiger partial charge in [-0.25, -0.2) is 14.2 Å². The molecule has 0 aliphatic heterocycles. The molecule has 162 valence electrons. The van der Waals surface area contributed by atoms with Gasteiger partial charge in [-0.05, 0) is 69.4 Å². The maximum absolute atomic E-state index is 13.3. The molecular formula is C25H28FN3O2. The molecule has 1 amide bonds. The van der Waals surface area contributed by atoms with Crippen LogP contribution in [0, 0.1) is 5.82 Å². The van der Waals surface area contributed by atoms with E-state index in [1.54, 1.807) is 18.5 Å². The number of carbonyl (C=O) groups is 1. The van der Waals surface area contributed by atoms with Gasteiger partial charge in [-0.3, -0.25) is 0 Å². The fourth-order valence-electron chi connectivity index (χ4n) is 3.81. The number of hydrogen-bond donors (Lipinski definition) is 1. The van der Waals surface area contributed by atoms with Gasteiger partial charge < -0.3 is 14.6 Å². The Kier molecular flexibility index (Phi) is 5.33. The number of hydrogen-bond acceptors (Lipinski definition) is 3. The summed E-state index contributed by atoms with van der Waals surface area (Å²) in [4.78, 5) is 16.6. The van der Waals surface area contributed by atoms with E-state index >= 15 is 0 Å². The number of benzene rings is 2. The first-order valence-electron chi connectivity index (χ1n) is 10.6. The summed E-state index contributed by atoms with van der Waals surface area (Å²) in [6, 6.07) is 14.8. The third-order valence-electron chi connectivity index (χ3n) is 5.66. The lowest BCUT2D eigenvalue weighted by Gasteiger charge is -2.24. The zero-order chi connectivity index (χ0) is 22.2. The van der Waals surface area contributed by atoms with Crippen molar-refractivity contribution in [3.8, 4) is 11.3 Å². The summed E-state index contributed by atoms with van der Waals surface area (Å²) in [6.07, 6.45) is 5.03. The van der Waals surface area contributed by atoms with Gasteiger partial charge in [0.2, 0.25) is 0 Å². The summed E-state index contributed by atoms with van der Waals surface area (Å²) >= 11 is 0. The quantitative estimate of drug-likeness (QED) is 0.565. The number of alkyl carbamates (subject to hydrolysis) is 1. The highest BCUT2D eigenvalue weighted by atomic mass is 19.1. The number of aromatic nitrogens is 2. The van der Waals surface area contributed by atoms with Gasteiger partial charge in [0.05, 0.1) is 29.8 Å². The molecule has 0 bridgehead atoms. The fourth-order valence-corrected chi connectivity index (χ4v) is 3.81. The second-order valence-corrected chi connectivity index (χ2v) is 9.20. The second-order valence-electron chi connectivity index (χ2n) is 9.20. The standard InChI is InChI=1S/C25H28FN3O2/c1-17(18-7-11-21(26)12-8-18)29-16-27-15-22(29)19-5-9-20(10-6-19)25(13-14-25)28-23(30)31-24(2,3)4/h5-12,15-17H,13-14H2,1-4H3,(H,28,30)/t17-/m1/s1. The average Bonchev–Trinajstić information content (AvgIpc) is 3.31. The number of rotatable bonds is 5. The number of ether oxygens (including phenoxy) is 1. The first kappa shape index (κ1) is 21.1. The third kappa shape index (κ3) is 4.63. The maximum atomic E-state index is 13.3. The van der Waals surface area contributed by atoms with Crippen LogP contribution in [0.2, 0.25) is 0 Å². The summed E-state index contributed by atoms with van der Waals surface area (Å²) in [5.41, 5.74) is 3.22. The summed E-state index contributed by atoms with van der Waals surface area (Å²) in [7, 11) is 0. The van der Waals surface area contributed by atoms with Crippen molar-refractivity contribution < 1.29 is 13.9 Å². The highest BCUT2D eigenvalue weighted by molar-refractivity contribution is 5.70. The smallest absolute Gasteiger partial charge is 0.408 e. The SMILES string of the molecule is C[C@H](c1ccc(F)cc1)n1cncc1-c1ccc(C2(NC(=O)OC(C)(C)C)CC2)cc1. The zero-order valence-electron chi connectivity index (χ0n) is 18.4. The number of nitrogens with zero attached hydrogens (tertiary/aromatic N) is 2. The fraction of sp³-hybridized carbons (Fsp3) is 0.360. The van der Waals surface area contributed by atoms with Crippen molar-refractivity contribution in [3.63, 3.8) is 0 Å². The summed E-state index contributed by atoms with van der Waals surface area (Å²) < 4.78 is 20.8. The second kappa shape index (κ2) is 7.84. The van der Waals surface area contributed by atoms with E-state index in [4.69, 9.17) is 4.74 Å². The predicted octanol–water partition coefficient (Wildman–Crippen LogP) is 5.81. The molecule has 1 fully saturated rings. The molecule has 0 saturated heterocycles. The summed E-state index contributed by atoms with van der Waals surface area (Å²) in [6.45, 7) is 7.64. The molecule has 0 spiro atoms. The Balaban J connectivity index is 1.53.